The van der Waals surface area contributed by atoms with Crippen LogP contribution in [0.2, 0.25) is 0 Å². The Morgan fingerprint density at radius 2 is 1.35 bits per heavy atom. The molecule has 0 bridgehead atoms. The zero-order chi connectivity index (χ0) is 15.8. The smallest absolute Gasteiger partial charge is 0.124 e. The minimum absolute atomic E-state index is 0.0338. The van der Waals surface area contributed by atoms with E-state index >= 15 is 0 Å². The average molecular weight is 306 g/mol. The molecule has 1 heteroatoms. The largest absolute Gasteiger partial charge is 0.359 e. The minimum atomic E-state index is -0.255. The minimum Gasteiger partial charge on any atom is -0.359 e. The maximum absolute atomic E-state index is 6.83. The van der Waals surface area contributed by atoms with Crippen molar-refractivity contribution in [3.8, 4) is 0 Å². The van der Waals surface area contributed by atoms with Gasteiger partial charge in [0.2, 0.25) is 0 Å². The van der Waals surface area contributed by atoms with Crippen molar-refractivity contribution in [2.75, 3.05) is 0 Å². The number of rotatable bonds is 2. The van der Waals surface area contributed by atoms with E-state index in [0.29, 0.717) is 5.92 Å². The van der Waals surface area contributed by atoms with E-state index in [0.717, 1.165) is 0 Å². The summed E-state index contributed by atoms with van der Waals surface area (Å²) in [5, 5.41) is 0. The molecular weight excluding hydrogens is 280 g/mol. The van der Waals surface area contributed by atoms with Gasteiger partial charge in [0.25, 0.3) is 0 Å². The number of fused-ring (bicyclic) bond motifs is 1. The van der Waals surface area contributed by atoms with Crippen molar-refractivity contribution in [1.29, 1.82) is 0 Å². The lowest BCUT2D eigenvalue weighted by atomic mass is 9.59. The zero-order valence-electron chi connectivity index (χ0n) is 14.0. The third-order valence-electron chi connectivity index (χ3n) is 5.94. The molecule has 120 valence electrons. The maximum Gasteiger partial charge on any atom is 0.124 e. The summed E-state index contributed by atoms with van der Waals surface area (Å²) in [5.41, 5.74) is 2.41. The summed E-state index contributed by atoms with van der Waals surface area (Å²) < 4.78 is 6.83. The summed E-state index contributed by atoms with van der Waals surface area (Å²) in [4.78, 5) is 0. The van der Waals surface area contributed by atoms with E-state index < -0.39 is 0 Å². The Kier molecular flexibility index (Phi) is 3.77. The van der Waals surface area contributed by atoms with Crippen LogP contribution in [0.4, 0.5) is 0 Å². The van der Waals surface area contributed by atoms with E-state index in [1.807, 2.05) is 0 Å². The van der Waals surface area contributed by atoms with Gasteiger partial charge in [-0.2, -0.15) is 0 Å². The Bertz CT molecular complexity index is 609. The van der Waals surface area contributed by atoms with Crippen molar-refractivity contribution in [3.05, 3.63) is 71.8 Å². The summed E-state index contributed by atoms with van der Waals surface area (Å²) >= 11 is 0. The summed E-state index contributed by atoms with van der Waals surface area (Å²) in [5.74, 6) is 0.570. The molecule has 0 spiro atoms. The highest BCUT2D eigenvalue weighted by atomic mass is 16.6. The van der Waals surface area contributed by atoms with Gasteiger partial charge in [-0.15, -0.1) is 0 Å². The SMILES string of the molecule is C[C@@]12CCCCCC[C@@H]1C(c1ccccc1)(c1ccccc1)O2. The first-order valence-electron chi connectivity index (χ1n) is 9.07. The Labute approximate surface area is 139 Å². The molecule has 0 N–H and O–H groups in total. The van der Waals surface area contributed by atoms with Crippen LogP contribution in [-0.2, 0) is 10.3 Å². The number of benzene rings is 2. The highest BCUT2D eigenvalue weighted by Crippen LogP contribution is 2.61. The fourth-order valence-corrected chi connectivity index (χ4v) is 4.85. The quantitative estimate of drug-likeness (QED) is 0.692. The molecule has 2 aromatic rings. The van der Waals surface area contributed by atoms with Gasteiger partial charge < -0.3 is 4.74 Å². The molecule has 0 unspecified atom stereocenters. The summed E-state index contributed by atoms with van der Waals surface area (Å²) in [6.07, 6.45) is 7.80. The van der Waals surface area contributed by atoms with E-state index in [9.17, 15) is 0 Å². The molecule has 0 aromatic heterocycles. The van der Waals surface area contributed by atoms with Gasteiger partial charge in [0.1, 0.15) is 5.60 Å². The predicted molar refractivity (Wildman–Crippen MR) is 94.3 cm³/mol. The predicted octanol–water partition coefficient (Wildman–Crippen LogP) is 5.69. The fraction of sp³-hybridized carbons (Fsp3) is 0.455. The molecule has 1 aliphatic heterocycles. The van der Waals surface area contributed by atoms with Gasteiger partial charge >= 0.3 is 0 Å². The normalized spacial score (nSPS) is 29.7. The molecule has 2 aromatic carbocycles. The molecule has 2 atom stereocenters. The molecule has 1 saturated carbocycles. The Morgan fingerprint density at radius 1 is 0.783 bits per heavy atom. The van der Waals surface area contributed by atoms with E-state index in [4.69, 9.17) is 4.74 Å². The third kappa shape index (κ3) is 2.33. The van der Waals surface area contributed by atoms with Gasteiger partial charge in [-0.05, 0) is 30.9 Å². The number of hydrogen-bond acceptors (Lipinski definition) is 1. The van der Waals surface area contributed by atoms with E-state index in [2.05, 4.69) is 67.6 Å². The van der Waals surface area contributed by atoms with Crippen molar-refractivity contribution in [1.82, 2.24) is 0 Å². The van der Waals surface area contributed by atoms with Crippen LogP contribution in [0.3, 0.4) is 0 Å². The molecule has 0 amide bonds. The van der Waals surface area contributed by atoms with Crippen LogP contribution in [0, 0.1) is 5.92 Å². The van der Waals surface area contributed by atoms with Crippen molar-refractivity contribution in [2.24, 2.45) is 5.92 Å². The Balaban J connectivity index is 1.82. The van der Waals surface area contributed by atoms with Gasteiger partial charge in [0.05, 0.1) is 5.60 Å². The topological polar surface area (TPSA) is 9.23 Å². The van der Waals surface area contributed by atoms with E-state index in [-0.39, 0.29) is 11.2 Å². The lowest BCUT2D eigenvalue weighted by Gasteiger charge is -2.63. The molecule has 1 nitrogen and oxygen atoms in total. The Hall–Kier alpha value is -1.60. The molecule has 23 heavy (non-hydrogen) atoms. The first kappa shape index (κ1) is 15.0. The lowest BCUT2D eigenvalue weighted by molar-refractivity contribution is -0.313. The van der Waals surface area contributed by atoms with Gasteiger partial charge in [0.15, 0.2) is 0 Å². The van der Waals surface area contributed by atoms with Crippen LogP contribution in [0.1, 0.15) is 56.6 Å². The van der Waals surface area contributed by atoms with Crippen molar-refractivity contribution < 1.29 is 4.74 Å². The molecule has 2 aliphatic rings. The Morgan fingerprint density at radius 3 is 1.96 bits per heavy atom. The molecule has 1 saturated heterocycles. The van der Waals surface area contributed by atoms with Gasteiger partial charge in [-0.25, -0.2) is 0 Å². The average Bonchev–Trinajstić information content (AvgIpc) is 2.59. The second-order valence-electron chi connectivity index (χ2n) is 7.39. The standard InChI is InChI=1S/C22H26O/c1-21-17-11-3-2-10-16-20(21)22(23-21,18-12-6-4-7-13-18)19-14-8-5-9-15-19/h4-9,12-15,20H,2-3,10-11,16-17H2,1H3/t20-,21+/m0/s1. The highest BCUT2D eigenvalue weighted by Gasteiger charge is 2.63. The molecular formula is C22H26O. The highest BCUT2D eigenvalue weighted by molar-refractivity contribution is 5.41. The summed E-state index contributed by atoms with van der Waals surface area (Å²) in [6.45, 7) is 2.34. The van der Waals surface area contributed by atoms with Gasteiger partial charge in [0, 0.05) is 5.92 Å². The van der Waals surface area contributed by atoms with Crippen LogP contribution in [-0.4, -0.2) is 5.60 Å². The van der Waals surface area contributed by atoms with E-state index in [1.54, 1.807) is 0 Å². The third-order valence-corrected chi connectivity index (χ3v) is 5.94. The first-order chi connectivity index (χ1) is 11.3. The molecule has 4 rings (SSSR count). The summed E-state index contributed by atoms with van der Waals surface area (Å²) in [6, 6.07) is 21.7. The van der Waals surface area contributed by atoms with Crippen LogP contribution >= 0.6 is 0 Å². The second-order valence-corrected chi connectivity index (χ2v) is 7.39. The first-order valence-corrected chi connectivity index (χ1v) is 9.07. The molecule has 1 aliphatic carbocycles. The molecule has 2 fully saturated rings. The van der Waals surface area contributed by atoms with Crippen molar-refractivity contribution in [2.45, 2.75) is 56.7 Å². The van der Waals surface area contributed by atoms with Crippen LogP contribution in [0.5, 0.6) is 0 Å². The number of hydrogen-bond donors (Lipinski definition) is 0. The van der Waals surface area contributed by atoms with Crippen LogP contribution in [0.15, 0.2) is 60.7 Å². The van der Waals surface area contributed by atoms with Crippen LogP contribution < -0.4 is 0 Å². The lowest BCUT2D eigenvalue weighted by Crippen LogP contribution is -2.65. The van der Waals surface area contributed by atoms with E-state index in [1.165, 1.54) is 49.7 Å². The van der Waals surface area contributed by atoms with Crippen molar-refractivity contribution in [3.63, 3.8) is 0 Å². The van der Waals surface area contributed by atoms with Crippen LogP contribution in [0.25, 0.3) is 0 Å². The molecule has 0 radical (unpaired) electrons. The van der Waals surface area contributed by atoms with Gasteiger partial charge in [-0.1, -0.05) is 86.3 Å². The summed E-state index contributed by atoms with van der Waals surface area (Å²) in [7, 11) is 0. The number of ether oxygens (including phenoxy) is 1. The second kappa shape index (κ2) is 5.79. The fourth-order valence-electron chi connectivity index (χ4n) is 4.85. The monoisotopic (exact) mass is 306 g/mol. The zero-order valence-corrected chi connectivity index (χ0v) is 14.0. The molecule has 1 heterocycles. The van der Waals surface area contributed by atoms with Gasteiger partial charge in [-0.3, -0.25) is 0 Å². The van der Waals surface area contributed by atoms with Crippen molar-refractivity contribution >= 4 is 0 Å². The maximum atomic E-state index is 6.83.